The SMILES string of the molecule is CC[C@H](C)[C@H](NC(=O)[C@@H](NC(=O)[C@H](C)NC(=O)[C@H](CCCCNC(=O)CCCCC1CCSS1)NC(=O)[C@H](CC(=O)O)NC(=O)[C@@H](NC(=O)[C@H](CCC(=O)O)NC(=O)[C@@H](NC(=O)[C@@H](N)CCC(=O)O)[C@@H](C)CC)[C@@H](C)O)[C@@H](C)O)C(=O)NCC(=O)O. The minimum absolute atomic E-state index is 0.105. The Balaban J connectivity index is 3.47. The maximum absolute atomic E-state index is 14.1. The number of unbranched alkanes of at least 4 members (excludes halogenated alkanes) is 2. The molecular formula is C53H89N11O20S2. The second-order valence-electron chi connectivity index (χ2n) is 21.2. The molecule has 1 aliphatic rings. The molecule has 14 atom stereocenters. The normalized spacial score (nSPS) is 17.4. The number of nitrogens with one attached hydrogen (secondary N) is 10. The minimum Gasteiger partial charge on any atom is -0.481 e. The molecule has 33 heteroatoms. The summed E-state index contributed by atoms with van der Waals surface area (Å²) < 4.78 is 0. The van der Waals surface area contributed by atoms with Crippen LogP contribution in [0.3, 0.4) is 0 Å². The van der Waals surface area contributed by atoms with Crippen LogP contribution in [0.25, 0.3) is 0 Å². The summed E-state index contributed by atoms with van der Waals surface area (Å²) in [6, 6.07) is -14.9. The molecule has 1 rings (SSSR count). The summed E-state index contributed by atoms with van der Waals surface area (Å²) in [5, 5.41) is 82.8. The molecule has 0 spiro atoms. The zero-order chi connectivity index (χ0) is 65.4. The molecular weight excluding hydrogens is 1170 g/mol. The summed E-state index contributed by atoms with van der Waals surface area (Å²) in [4.78, 5) is 181. The van der Waals surface area contributed by atoms with Gasteiger partial charge in [-0.05, 0) is 84.0 Å². The van der Waals surface area contributed by atoms with Crippen LogP contribution in [-0.4, -0.2) is 204 Å². The van der Waals surface area contributed by atoms with Gasteiger partial charge in [0, 0.05) is 36.8 Å². The zero-order valence-corrected chi connectivity index (χ0v) is 51.2. The van der Waals surface area contributed by atoms with Crippen LogP contribution in [0.15, 0.2) is 0 Å². The van der Waals surface area contributed by atoms with Gasteiger partial charge in [-0.2, -0.15) is 0 Å². The third kappa shape index (κ3) is 30.0. The van der Waals surface area contributed by atoms with Crippen LogP contribution in [0.4, 0.5) is 0 Å². The third-order valence-electron chi connectivity index (χ3n) is 14.0. The number of aliphatic hydroxyl groups excluding tert-OH is 2. The van der Waals surface area contributed by atoms with Gasteiger partial charge in [-0.25, -0.2) is 0 Å². The molecule has 0 aromatic rings. The van der Waals surface area contributed by atoms with Gasteiger partial charge in [0.05, 0.1) is 24.7 Å². The summed E-state index contributed by atoms with van der Waals surface area (Å²) >= 11 is 0. The predicted molar refractivity (Wildman–Crippen MR) is 312 cm³/mol. The van der Waals surface area contributed by atoms with Crippen molar-refractivity contribution in [3.63, 3.8) is 0 Å². The fourth-order valence-corrected chi connectivity index (χ4v) is 11.3. The second kappa shape index (κ2) is 40.5. The van der Waals surface area contributed by atoms with E-state index in [0.717, 1.165) is 38.9 Å². The van der Waals surface area contributed by atoms with E-state index in [0.29, 0.717) is 18.1 Å². The highest BCUT2D eigenvalue weighted by Crippen LogP contribution is 2.40. The van der Waals surface area contributed by atoms with Gasteiger partial charge in [-0.1, -0.05) is 68.5 Å². The zero-order valence-electron chi connectivity index (χ0n) is 49.6. The van der Waals surface area contributed by atoms with Crippen molar-refractivity contribution in [3.8, 4) is 0 Å². The van der Waals surface area contributed by atoms with E-state index in [1.165, 1.54) is 6.92 Å². The van der Waals surface area contributed by atoms with Crippen molar-refractivity contribution in [2.45, 2.75) is 217 Å². The number of carbonyl (C=O) groups is 14. The Kier molecular flexibility index (Phi) is 36.4. The lowest BCUT2D eigenvalue weighted by atomic mass is 9.96. The highest BCUT2D eigenvalue weighted by molar-refractivity contribution is 8.77. The summed E-state index contributed by atoms with van der Waals surface area (Å²) in [7, 11) is 3.67. The number of carboxylic acids is 4. The smallest absolute Gasteiger partial charge is 0.322 e. The molecule has 1 fully saturated rings. The van der Waals surface area contributed by atoms with Gasteiger partial charge in [0.1, 0.15) is 54.9 Å². The first-order valence-corrected chi connectivity index (χ1v) is 31.0. The molecule has 86 heavy (non-hydrogen) atoms. The maximum atomic E-state index is 14.1. The largest absolute Gasteiger partial charge is 0.481 e. The van der Waals surface area contributed by atoms with Crippen LogP contribution in [-0.2, 0) is 67.1 Å². The van der Waals surface area contributed by atoms with Crippen LogP contribution < -0.4 is 58.9 Å². The molecule has 1 unspecified atom stereocenters. The van der Waals surface area contributed by atoms with E-state index in [4.69, 9.17) is 15.9 Å². The number of hydrogen-bond acceptors (Lipinski definition) is 19. The molecule has 31 nitrogen and oxygen atoms in total. The highest BCUT2D eigenvalue weighted by Gasteiger charge is 2.38. The van der Waals surface area contributed by atoms with Crippen LogP contribution in [0, 0.1) is 11.8 Å². The van der Waals surface area contributed by atoms with Crippen molar-refractivity contribution < 1.29 is 97.8 Å². The monoisotopic (exact) mass is 1260 g/mol. The van der Waals surface area contributed by atoms with Crippen LogP contribution >= 0.6 is 21.6 Å². The topological polar surface area (TPSA) is 507 Å². The van der Waals surface area contributed by atoms with E-state index in [-0.39, 0.29) is 51.0 Å². The molecule has 0 aromatic carbocycles. The molecule has 488 valence electrons. The quantitative estimate of drug-likeness (QED) is 0.0221. The van der Waals surface area contributed by atoms with Gasteiger partial charge in [-0.15, -0.1) is 0 Å². The maximum Gasteiger partial charge on any atom is 0.322 e. The Labute approximate surface area is 506 Å². The number of hydrogen-bond donors (Lipinski definition) is 17. The van der Waals surface area contributed by atoms with Gasteiger partial charge < -0.3 is 89.5 Å². The Hall–Kier alpha value is -6.84. The summed E-state index contributed by atoms with van der Waals surface area (Å²) in [5.41, 5.74) is 5.84. The van der Waals surface area contributed by atoms with E-state index in [1.807, 2.05) is 21.6 Å². The van der Waals surface area contributed by atoms with Crippen LogP contribution in [0.2, 0.25) is 0 Å². The number of carbonyl (C=O) groups excluding carboxylic acids is 10. The molecule has 10 amide bonds. The van der Waals surface area contributed by atoms with Crippen molar-refractivity contribution >= 4 is 105 Å². The van der Waals surface area contributed by atoms with E-state index < -0.39 is 188 Å². The molecule has 0 radical (unpaired) electrons. The van der Waals surface area contributed by atoms with Crippen molar-refractivity contribution in [3.05, 3.63) is 0 Å². The molecule has 0 saturated carbocycles. The van der Waals surface area contributed by atoms with Crippen molar-refractivity contribution in [1.29, 1.82) is 0 Å². The van der Waals surface area contributed by atoms with E-state index in [9.17, 15) is 87.5 Å². The van der Waals surface area contributed by atoms with E-state index in [2.05, 4.69) is 53.2 Å². The van der Waals surface area contributed by atoms with Gasteiger partial charge in [-0.3, -0.25) is 67.1 Å². The number of aliphatic carboxylic acids is 4. The molecule has 0 aromatic heterocycles. The van der Waals surface area contributed by atoms with E-state index in [1.54, 1.807) is 27.7 Å². The lowest BCUT2D eigenvalue weighted by molar-refractivity contribution is -0.142. The first-order chi connectivity index (χ1) is 40.3. The molecule has 0 bridgehead atoms. The number of carboxylic acid groups (broad SMARTS) is 4. The molecule has 0 aliphatic carbocycles. The minimum atomic E-state index is -2.07. The molecule has 18 N–H and O–H groups in total. The van der Waals surface area contributed by atoms with E-state index >= 15 is 0 Å². The number of amides is 10. The molecule has 1 saturated heterocycles. The number of rotatable bonds is 43. The summed E-state index contributed by atoms with van der Waals surface area (Å²) in [6.45, 7) is 9.21. The molecule has 1 heterocycles. The first-order valence-electron chi connectivity index (χ1n) is 28.6. The van der Waals surface area contributed by atoms with Gasteiger partial charge in [0.25, 0.3) is 0 Å². The average Bonchev–Trinajstić information content (AvgIpc) is 3.13. The Morgan fingerprint density at radius 3 is 1.49 bits per heavy atom. The molecule has 1 aliphatic heterocycles. The predicted octanol–water partition coefficient (Wildman–Crippen LogP) is -2.53. The lowest BCUT2D eigenvalue weighted by Crippen LogP contribution is -2.62. The van der Waals surface area contributed by atoms with Crippen molar-refractivity contribution in [1.82, 2.24) is 53.2 Å². The lowest BCUT2D eigenvalue weighted by Gasteiger charge is -2.29. The fraction of sp³-hybridized carbons (Fsp3) is 0.736. The average molecular weight is 1260 g/mol. The number of nitrogens with two attached hydrogens (primary N) is 1. The highest BCUT2D eigenvalue weighted by atomic mass is 33.1. The third-order valence-corrected chi connectivity index (χ3v) is 17.0. The first kappa shape index (κ1) is 77.2. The fourth-order valence-electron chi connectivity index (χ4n) is 8.31. The van der Waals surface area contributed by atoms with Gasteiger partial charge in [0.15, 0.2) is 0 Å². The van der Waals surface area contributed by atoms with Crippen molar-refractivity contribution in [2.75, 3.05) is 18.8 Å². The summed E-state index contributed by atoms with van der Waals surface area (Å²) in [5.74, 6) is -15.9. The summed E-state index contributed by atoms with van der Waals surface area (Å²) in [6.07, 6.45) is -2.12. The van der Waals surface area contributed by atoms with Gasteiger partial charge in [0.2, 0.25) is 59.1 Å². The standard InChI is InChI=1S/C53H89N11O20S2/c1-8-26(3)41(50(81)56-25-40(74)75)62-53(84)44(30(7)66)63-45(76)28(5)57-47(78)33(15-12-13-22-55-36(67)16-11-10-14-31-21-23-85-86-31)58-49(80)35(24-39(72)73)60-52(83)43(29(6)65)64-48(79)34(18-20-38(70)71)59-51(82)42(27(4)9-2)61-46(77)32(54)17-19-37(68)69/h26-35,41-44,65-66H,8-25,54H2,1-7H3,(H,55,67)(H,56,81)(H,57,78)(H,58,80)(H,59,82)(H,60,83)(H,61,77)(H,62,84)(H,63,76)(H,64,79)(H,68,69)(H,70,71)(H,72,73)(H,74,75)/t26-,27-,28-,29+,30+,31?,32-,33-,34-,35-,41-,42-,43-,44-/m0/s1. The van der Waals surface area contributed by atoms with Crippen molar-refractivity contribution in [2.24, 2.45) is 17.6 Å². The Morgan fingerprint density at radius 1 is 0.477 bits per heavy atom. The second-order valence-corrected chi connectivity index (χ2v) is 24.0. The van der Waals surface area contributed by atoms with Crippen LogP contribution in [0.5, 0.6) is 0 Å². The Bertz CT molecular complexity index is 2330. The van der Waals surface area contributed by atoms with Crippen LogP contribution in [0.1, 0.15) is 145 Å². The van der Waals surface area contributed by atoms with Gasteiger partial charge >= 0.3 is 23.9 Å². The Morgan fingerprint density at radius 2 is 0.953 bits per heavy atom. The number of aliphatic hydroxyl groups is 2.